The Bertz CT molecular complexity index is 708. The summed E-state index contributed by atoms with van der Waals surface area (Å²) in [6, 6.07) is 5.82. The number of aryl methyl sites for hydroxylation is 1. The molecule has 1 unspecified atom stereocenters. The number of nitrogens with one attached hydrogen (secondary N) is 2. The molecule has 1 amide bonds. The molecule has 2 rings (SSSR count). The Hall–Kier alpha value is -1.34. The Morgan fingerprint density at radius 3 is 2.65 bits per heavy atom. The Labute approximate surface area is 149 Å². The number of hydrogen-bond donors (Lipinski definition) is 2. The van der Waals surface area contributed by atoms with Crippen LogP contribution >= 0.6 is 27.7 Å². The van der Waals surface area contributed by atoms with Gasteiger partial charge in [0.05, 0.1) is 10.9 Å². The fraction of sp³-hybridized carbons (Fsp3) is 0.438. The Balaban J connectivity index is 2.01. The van der Waals surface area contributed by atoms with Gasteiger partial charge in [-0.1, -0.05) is 38.6 Å². The second-order valence-corrected chi connectivity index (χ2v) is 8.61. The maximum Gasteiger partial charge on any atom is 0.237 e. The number of carbonyl (C=O) groups is 1. The number of H-pyrrole nitrogens is 1. The Morgan fingerprint density at radius 1 is 1.39 bits per heavy atom. The summed E-state index contributed by atoms with van der Waals surface area (Å²) in [5.74, 6) is 0.732. The Morgan fingerprint density at radius 2 is 2.09 bits per heavy atom. The number of thioether (sulfide) groups is 1. The van der Waals surface area contributed by atoms with Crippen molar-refractivity contribution in [1.29, 1.82) is 0 Å². The number of halogens is 1. The fourth-order valence-electron chi connectivity index (χ4n) is 1.80. The molecule has 1 atom stereocenters. The van der Waals surface area contributed by atoms with E-state index in [2.05, 4.69) is 57.2 Å². The largest absolute Gasteiger partial charge is 0.324 e. The van der Waals surface area contributed by atoms with E-state index >= 15 is 0 Å². The number of hydrogen-bond acceptors (Lipinski definition) is 4. The average molecular weight is 397 g/mol. The molecule has 0 saturated carbocycles. The van der Waals surface area contributed by atoms with Crippen LogP contribution in [0.1, 0.15) is 39.1 Å². The van der Waals surface area contributed by atoms with E-state index in [0.29, 0.717) is 5.16 Å². The number of benzene rings is 1. The molecule has 1 heterocycles. The molecule has 0 spiro atoms. The third-order valence-corrected chi connectivity index (χ3v) is 4.83. The van der Waals surface area contributed by atoms with E-state index in [-0.39, 0.29) is 16.6 Å². The molecule has 0 aliphatic carbocycles. The molecule has 5 nitrogen and oxygen atoms in total. The van der Waals surface area contributed by atoms with Gasteiger partial charge in [-0.3, -0.25) is 9.89 Å². The maximum absolute atomic E-state index is 12.3. The highest BCUT2D eigenvalue weighted by Gasteiger charge is 2.22. The number of amides is 1. The minimum atomic E-state index is -0.299. The van der Waals surface area contributed by atoms with Gasteiger partial charge >= 0.3 is 0 Å². The van der Waals surface area contributed by atoms with Gasteiger partial charge in [0.25, 0.3) is 0 Å². The summed E-state index contributed by atoms with van der Waals surface area (Å²) >= 11 is 4.80. The third kappa shape index (κ3) is 4.81. The van der Waals surface area contributed by atoms with Crippen LogP contribution in [0.25, 0.3) is 0 Å². The smallest absolute Gasteiger partial charge is 0.237 e. The molecule has 1 aromatic carbocycles. The van der Waals surface area contributed by atoms with Crippen LogP contribution in [0, 0.1) is 6.92 Å². The zero-order valence-electron chi connectivity index (χ0n) is 13.9. The van der Waals surface area contributed by atoms with Gasteiger partial charge in [-0.25, -0.2) is 4.98 Å². The van der Waals surface area contributed by atoms with Crippen LogP contribution < -0.4 is 5.32 Å². The van der Waals surface area contributed by atoms with Gasteiger partial charge in [0.2, 0.25) is 11.1 Å². The number of carbonyl (C=O) groups excluding carboxylic acids is 1. The van der Waals surface area contributed by atoms with E-state index in [4.69, 9.17) is 0 Å². The highest BCUT2D eigenvalue weighted by Crippen LogP contribution is 2.27. The molecule has 1 aromatic heterocycles. The monoisotopic (exact) mass is 396 g/mol. The van der Waals surface area contributed by atoms with Gasteiger partial charge in [0, 0.05) is 9.89 Å². The van der Waals surface area contributed by atoms with Gasteiger partial charge in [0.1, 0.15) is 5.82 Å². The molecule has 0 aliphatic heterocycles. The summed E-state index contributed by atoms with van der Waals surface area (Å²) in [5.41, 5.74) is 1.80. The molecule has 2 N–H and O–H groups in total. The van der Waals surface area contributed by atoms with Gasteiger partial charge < -0.3 is 5.32 Å². The van der Waals surface area contributed by atoms with Crippen molar-refractivity contribution < 1.29 is 4.79 Å². The topological polar surface area (TPSA) is 70.7 Å². The van der Waals surface area contributed by atoms with E-state index in [0.717, 1.165) is 21.5 Å². The summed E-state index contributed by atoms with van der Waals surface area (Å²) in [6.45, 7) is 10.0. The van der Waals surface area contributed by atoms with Crippen molar-refractivity contribution in [1.82, 2.24) is 15.2 Å². The quantitative estimate of drug-likeness (QED) is 0.755. The minimum absolute atomic E-state index is 0.0818. The van der Waals surface area contributed by atoms with Crippen LogP contribution in [0.2, 0.25) is 0 Å². The van der Waals surface area contributed by atoms with Crippen molar-refractivity contribution in [3.63, 3.8) is 0 Å². The van der Waals surface area contributed by atoms with Crippen LogP contribution in [0.4, 0.5) is 5.69 Å². The number of anilines is 1. The van der Waals surface area contributed by atoms with Crippen LogP contribution in [-0.4, -0.2) is 26.3 Å². The first-order valence-corrected chi connectivity index (χ1v) is 9.00. The minimum Gasteiger partial charge on any atom is -0.324 e. The van der Waals surface area contributed by atoms with Crippen molar-refractivity contribution in [2.24, 2.45) is 0 Å². The molecule has 124 valence electrons. The maximum atomic E-state index is 12.3. The predicted molar refractivity (Wildman–Crippen MR) is 97.9 cm³/mol. The molecule has 7 heteroatoms. The van der Waals surface area contributed by atoms with Crippen molar-refractivity contribution in [3.05, 3.63) is 34.1 Å². The molecular formula is C16H21BrN4OS. The second-order valence-electron chi connectivity index (χ2n) is 6.45. The van der Waals surface area contributed by atoms with Crippen LogP contribution in [0.5, 0.6) is 0 Å². The van der Waals surface area contributed by atoms with Crippen molar-refractivity contribution in [2.75, 3.05) is 5.32 Å². The summed E-state index contributed by atoms with van der Waals surface area (Å²) in [4.78, 5) is 16.8. The van der Waals surface area contributed by atoms with E-state index in [1.165, 1.54) is 11.8 Å². The molecule has 0 bridgehead atoms. The number of rotatable bonds is 4. The average Bonchev–Trinajstić information content (AvgIpc) is 2.90. The number of nitrogens with zero attached hydrogens (tertiary/aromatic N) is 2. The normalized spacial score (nSPS) is 13.0. The molecule has 0 radical (unpaired) electrons. The van der Waals surface area contributed by atoms with E-state index < -0.39 is 0 Å². The van der Waals surface area contributed by atoms with Gasteiger partial charge in [0.15, 0.2) is 0 Å². The molecular weight excluding hydrogens is 376 g/mol. The van der Waals surface area contributed by atoms with Crippen LogP contribution in [0.15, 0.2) is 27.8 Å². The first-order valence-electron chi connectivity index (χ1n) is 7.33. The molecule has 23 heavy (non-hydrogen) atoms. The Kier molecular flexibility index (Phi) is 5.52. The molecule has 2 aromatic rings. The van der Waals surface area contributed by atoms with Crippen LogP contribution in [-0.2, 0) is 10.2 Å². The van der Waals surface area contributed by atoms with Crippen molar-refractivity contribution >= 4 is 39.3 Å². The second kappa shape index (κ2) is 7.05. The highest BCUT2D eigenvalue weighted by atomic mass is 79.9. The van der Waals surface area contributed by atoms with Crippen molar-refractivity contribution in [2.45, 2.75) is 50.4 Å². The summed E-state index contributed by atoms with van der Waals surface area (Å²) in [6.07, 6.45) is 0. The third-order valence-electron chi connectivity index (χ3n) is 3.21. The van der Waals surface area contributed by atoms with Gasteiger partial charge in [-0.2, -0.15) is 0 Å². The number of aromatic nitrogens is 3. The molecule has 0 saturated heterocycles. The lowest BCUT2D eigenvalue weighted by molar-refractivity contribution is -0.115. The molecule has 0 aliphatic rings. The van der Waals surface area contributed by atoms with Crippen LogP contribution in [0.3, 0.4) is 0 Å². The van der Waals surface area contributed by atoms with Gasteiger partial charge in [-0.05, 0) is 47.5 Å². The van der Waals surface area contributed by atoms with E-state index in [1.54, 1.807) is 0 Å². The summed E-state index contributed by atoms with van der Waals surface area (Å²) in [5, 5.41) is 10.3. The highest BCUT2D eigenvalue weighted by molar-refractivity contribution is 9.10. The van der Waals surface area contributed by atoms with E-state index in [1.807, 2.05) is 32.0 Å². The summed E-state index contributed by atoms with van der Waals surface area (Å²) in [7, 11) is 0. The molecule has 0 fully saturated rings. The standard InChI is InChI=1S/C16H21BrN4OS/c1-9-6-7-12(11(17)8-9)18-13(22)10(2)23-15-19-14(20-21-15)16(3,4)5/h6-8,10H,1-5H3,(H,18,22)(H,19,20,21). The van der Waals surface area contributed by atoms with Gasteiger partial charge in [-0.15, -0.1) is 5.10 Å². The van der Waals surface area contributed by atoms with Crippen molar-refractivity contribution in [3.8, 4) is 0 Å². The first-order chi connectivity index (χ1) is 10.7. The lowest BCUT2D eigenvalue weighted by atomic mass is 9.96. The first kappa shape index (κ1) is 18.0. The zero-order chi connectivity index (χ0) is 17.2. The lowest BCUT2D eigenvalue weighted by Crippen LogP contribution is -2.22. The number of aromatic amines is 1. The summed E-state index contributed by atoms with van der Waals surface area (Å²) < 4.78 is 0.871. The fourth-order valence-corrected chi connectivity index (χ4v) is 3.12. The zero-order valence-corrected chi connectivity index (χ0v) is 16.3. The SMILES string of the molecule is Cc1ccc(NC(=O)C(C)Sc2n[nH]c(C(C)(C)C)n2)c(Br)c1. The predicted octanol–water partition coefficient (Wildman–Crippen LogP) is 4.29. The van der Waals surface area contributed by atoms with E-state index in [9.17, 15) is 4.79 Å². The lowest BCUT2D eigenvalue weighted by Gasteiger charge is -2.13.